The number of aryl methyl sites for hydroxylation is 1. The molecule has 2 aromatic rings. The number of hydrogen-bond acceptors (Lipinski definition) is 5. The second kappa shape index (κ2) is 7.20. The van der Waals surface area contributed by atoms with Gasteiger partial charge >= 0.3 is 0 Å². The molecule has 1 aliphatic rings. The fourth-order valence-electron chi connectivity index (χ4n) is 3.42. The van der Waals surface area contributed by atoms with Gasteiger partial charge in [-0.1, -0.05) is 6.07 Å². The Kier molecular flexibility index (Phi) is 5.18. The molecule has 5 heteroatoms. The number of hydrogen-bond donors (Lipinski definition) is 1. The van der Waals surface area contributed by atoms with Gasteiger partial charge in [0, 0.05) is 25.2 Å². The molecule has 1 aromatic heterocycles. The molecule has 0 amide bonds. The van der Waals surface area contributed by atoms with Gasteiger partial charge in [-0.2, -0.15) is 0 Å². The molecule has 1 atom stereocenters. The summed E-state index contributed by atoms with van der Waals surface area (Å²) >= 11 is 0. The Hall–Kier alpha value is -1.82. The molecule has 0 fully saturated rings. The van der Waals surface area contributed by atoms with Crippen LogP contribution in [0.15, 0.2) is 34.7 Å². The molecular formula is C20H28N2O3. The van der Waals surface area contributed by atoms with Crippen molar-refractivity contribution in [3.8, 4) is 5.75 Å². The normalized spacial score (nSPS) is 17.7. The maximum Gasteiger partial charge on any atom is 0.123 e. The summed E-state index contributed by atoms with van der Waals surface area (Å²) in [5, 5.41) is 10.8. The van der Waals surface area contributed by atoms with E-state index in [0.29, 0.717) is 13.2 Å². The van der Waals surface area contributed by atoms with Gasteiger partial charge in [0.15, 0.2) is 0 Å². The van der Waals surface area contributed by atoms with E-state index in [1.165, 1.54) is 0 Å². The lowest BCUT2D eigenvalue weighted by Gasteiger charge is -2.28. The molecule has 1 N–H and O–H groups in total. The Morgan fingerprint density at radius 3 is 2.72 bits per heavy atom. The van der Waals surface area contributed by atoms with Crippen LogP contribution in [0, 0.1) is 6.92 Å². The van der Waals surface area contributed by atoms with Crippen LogP contribution in [-0.4, -0.2) is 48.7 Å². The number of furan rings is 1. The predicted molar refractivity (Wildman–Crippen MR) is 97.6 cm³/mol. The van der Waals surface area contributed by atoms with Gasteiger partial charge in [0.1, 0.15) is 23.9 Å². The monoisotopic (exact) mass is 344 g/mol. The van der Waals surface area contributed by atoms with E-state index in [0.717, 1.165) is 48.0 Å². The first-order chi connectivity index (χ1) is 11.8. The van der Waals surface area contributed by atoms with Crippen LogP contribution in [0.5, 0.6) is 5.75 Å². The van der Waals surface area contributed by atoms with E-state index in [1.807, 2.05) is 57.1 Å². The Morgan fingerprint density at radius 1 is 1.24 bits per heavy atom. The smallest absolute Gasteiger partial charge is 0.123 e. The third kappa shape index (κ3) is 4.42. The number of nitrogens with zero attached hydrogens (tertiary/aromatic N) is 2. The van der Waals surface area contributed by atoms with Crippen molar-refractivity contribution in [2.75, 3.05) is 33.8 Å². The molecule has 0 saturated heterocycles. The molecule has 0 aliphatic carbocycles. The van der Waals surface area contributed by atoms with Crippen molar-refractivity contribution in [2.24, 2.45) is 0 Å². The SMILES string of the molecule is Cc1ccc(CN2CCOc3ccc(C(C)(O)CN(C)C)cc3C2)o1. The fourth-order valence-corrected chi connectivity index (χ4v) is 3.42. The Morgan fingerprint density at radius 2 is 2.04 bits per heavy atom. The predicted octanol–water partition coefficient (Wildman–Crippen LogP) is 2.75. The average Bonchev–Trinajstić information content (AvgIpc) is 2.81. The highest BCUT2D eigenvalue weighted by atomic mass is 16.5. The average molecular weight is 344 g/mol. The van der Waals surface area contributed by atoms with E-state index < -0.39 is 5.60 Å². The third-order valence-electron chi connectivity index (χ3n) is 4.54. The quantitative estimate of drug-likeness (QED) is 0.904. The fraction of sp³-hybridized carbons (Fsp3) is 0.500. The Bertz CT molecular complexity index is 721. The lowest BCUT2D eigenvalue weighted by molar-refractivity contribution is 0.0299. The maximum absolute atomic E-state index is 10.8. The van der Waals surface area contributed by atoms with E-state index in [9.17, 15) is 5.11 Å². The Labute approximate surface area is 149 Å². The summed E-state index contributed by atoms with van der Waals surface area (Å²) < 4.78 is 11.6. The van der Waals surface area contributed by atoms with Gasteiger partial charge in [-0.25, -0.2) is 0 Å². The van der Waals surface area contributed by atoms with Crippen LogP contribution in [0.4, 0.5) is 0 Å². The van der Waals surface area contributed by atoms with E-state index in [-0.39, 0.29) is 0 Å². The van der Waals surface area contributed by atoms with Crippen molar-refractivity contribution in [3.05, 3.63) is 53.0 Å². The van der Waals surface area contributed by atoms with Crippen molar-refractivity contribution in [1.82, 2.24) is 9.80 Å². The first kappa shape index (κ1) is 18.0. The number of rotatable bonds is 5. The molecule has 3 rings (SSSR count). The first-order valence-electron chi connectivity index (χ1n) is 8.74. The van der Waals surface area contributed by atoms with Crippen LogP contribution in [0.1, 0.15) is 29.6 Å². The summed E-state index contributed by atoms with van der Waals surface area (Å²) in [4.78, 5) is 4.31. The number of benzene rings is 1. The second-order valence-corrected chi connectivity index (χ2v) is 7.41. The third-order valence-corrected chi connectivity index (χ3v) is 4.54. The van der Waals surface area contributed by atoms with Crippen LogP contribution >= 0.6 is 0 Å². The topological polar surface area (TPSA) is 49.1 Å². The minimum absolute atomic E-state index is 0.571. The van der Waals surface area contributed by atoms with Gasteiger partial charge in [-0.15, -0.1) is 0 Å². The van der Waals surface area contributed by atoms with Crippen LogP contribution in [0.25, 0.3) is 0 Å². The molecule has 1 aliphatic heterocycles. The highest BCUT2D eigenvalue weighted by molar-refractivity contribution is 5.40. The molecule has 0 radical (unpaired) electrons. The summed E-state index contributed by atoms with van der Waals surface area (Å²) in [7, 11) is 3.93. The standard InChI is InChI=1S/C20H28N2O3/c1-15-5-7-18(25-15)13-22-9-10-24-19-8-6-17(11-16(19)12-22)20(2,23)14-21(3)4/h5-8,11,23H,9-10,12-14H2,1-4H3. The molecule has 25 heavy (non-hydrogen) atoms. The van der Waals surface area contributed by atoms with Gasteiger partial charge < -0.3 is 19.2 Å². The molecule has 0 bridgehead atoms. The van der Waals surface area contributed by atoms with E-state index in [4.69, 9.17) is 9.15 Å². The molecule has 1 aromatic carbocycles. The van der Waals surface area contributed by atoms with Gasteiger partial charge in [0.2, 0.25) is 0 Å². The van der Waals surface area contributed by atoms with Gasteiger partial charge in [-0.3, -0.25) is 4.90 Å². The second-order valence-electron chi connectivity index (χ2n) is 7.41. The minimum Gasteiger partial charge on any atom is -0.492 e. The van der Waals surface area contributed by atoms with Crippen LogP contribution in [-0.2, 0) is 18.7 Å². The van der Waals surface area contributed by atoms with E-state index >= 15 is 0 Å². The first-order valence-corrected chi connectivity index (χ1v) is 8.74. The number of likely N-dealkylation sites (N-methyl/N-ethyl adjacent to an activating group) is 1. The summed E-state index contributed by atoms with van der Waals surface area (Å²) in [5.41, 5.74) is 1.13. The highest BCUT2D eigenvalue weighted by Gasteiger charge is 2.26. The van der Waals surface area contributed by atoms with Crippen LogP contribution in [0.2, 0.25) is 0 Å². The number of aliphatic hydroxyl groups is 1. The highest BCUT2D eigenvalue weighted by Crippen LogP contribution is 2.30. The Balaban J connectivity index is 1.80. The zero-order valence-corrected chi connectivity index (χ0v) is 15.6. The van der Waals surface area contributed by atoms with Crippen LogP contribution in [0.3, 0.4) is 0 Å². The molecule has 136 valence electrons. The zero-order valence-electron chi connectivity index (χ0n) is 15.6. The lowest BCUT2D eigenvalue weighted by atomic mass is 9.93. The number of ether oxygens (including phenoxy) is 1. The van der Waals surface area contributed by atoms with Gasteiger partial charge in [0.25, 0.3) is 0 Å². The molecule has 5 nitrogen and oxygen atoms in total. The van der Waals surface area contributed by atoms with Crippen molar-refractivity contribution < 1.29 is 14.3 Å². The molecule has 0 spiro atoms. The van der Waals surface area contributed by atoms with Gasteiger partial charge in [0.05, 0.1) is 12.1 Å². The van der Waals surface area contributed by atoms with Gasteiger partial charge in [-0.05, 0) is 57.8 Å². The number of fused-ring (bicyclic) bond motifs is 1. The summed E-state index contributed by atoms with van der Waals surface area (Å²) in [5.74, 6) is 2.81. The zero-order chi connectivity index (χ0) is 18.0. The summed E-state index contributed by atoms with van der Waals surface area (Å²) in [6.07, 6.45) is 0. The van der Waals surface area contributed by atoms with Crippen LogP contribution < -0.4 is 4.74 Å². The molecule has 2 heterocycles. The van der Waals surface area contributed by atoms with E-state index in [1.54, 1.807) is 0 Å². The summed E-state index contributed by atoms with van der Waals surface area (Å²) in [6.45, 7) is 7.43. The van der Waals surface area contributed by atoms with E-state index in [2.05, 4.69) is 11.0 Å². The van der Waals surface area contributed by atoms with Crippen molar-refractivity contribution >= 4 is 0 Å². The summed E-state index contributed by atoms with van der Waals surface area (Å²) in [6, 6.07) is 10.0. The van der Waals surface area contributed by atoms with Crippen molar-refractivity contribution in [2.45, 2.75) is 32.5 Å². The maximum atomic E-state index is 10.8. The molecule has 0 saturated carbocycles. The van der Waals surface area contributed by atoms with Crippen molar-refractivity contribution in [1.29, 1.82) is 0 Å². The molecular weight excluding hydrogens is 316 g/mol. The van der Waals surface area contributed by atoms with Crippen molar-refractivity contribution in [3.63, 3.8) is 0 Å². The molecule has 1 unspecified atom stereocenters. The minimum atomic E-state index is -0.895. The largest absolute Gasteiger partial charge is 0.492 e. The lowest BCUT2D eigenvalue weighted by Crippen LogP contribution is -2.34.